The Hall–Kier alpha value is -2.40. The minimum Gasteiger partial charge on any atom is -0.435 e. The molecule has 1 aromatic carbocycles. The van der Waals surface area contributed by atoms with Gasteiger partial charge >= 0.3 is 12.3 Å². The van der Waals surface area contributed by atoms with Gasteiger partial charge in [-0.25, -0.2) is 4.79 Å². The first-order valence-electron chi connectivity index (χ1n) is 12.5. The molecule has 0 aliphatic carbocycles. The van der Waals surface area contributed by atoms with E-state index in [2.05, 4.69) is 39.0 Å². The lowest BCUT2D eigenvalue weighted by atomic mass is 9.98. The van der Waals surface area contributed by atoms with Crippen LogP contribution in [-0.2, 0) is 4.74 Å². The number of ether oxygens (including phenoxy) is 2. The van der Waals surface area contributed by atoms with Crippen LogP contribution >= 0.6 is 0 Å². The van der Waals surface area contributed by atoms with Crippen LogP contribution in [0.15, 0.2) is 28.4 Å². The number of fused-ring (bicyclic) bond motifs is 1. The van der Waals surface area contributed by atoms with E-state index < -0.39 is 24.3 Å². The van der Waals surface area contributed by atoms with Crippen LogP contribution in [0.5, 0.6) is 5.75 Å². The van der Waals surface area contributed by atoms with E-state index >= 15 is 0 Å². The van der Waals surface area contributed by atoms with Gasteiger partial charge in [0.25, 0.3) is 0 Å². The standard InChI is InChI=1S/C24H34F3N5O3/c1-3-4-5-6-7-16(2)32-20-10-8-17(35-24(25,26)27)14-18(20)23(33)34-22(32)19-9-11-21(30-29-19)31-13-12-28-15-31/h8,10,14,16,19,21-22,28H,3-7,9,11-13,15H2,1-2H3. The summed E-state index contributed by atoms with van der Waals surface area (Å²) in [6, 6.07) is 3.52. The zero-order valence-corrected chi connectivity index (χ0v) is 20.3. The van der Waals surface area contributed by atoms with Crippen molar-refractivity contribution >= 4 is 11.7 Å². The summed E-state index contributed by atoms with van der Waals surface area (Å²) >= 11 is 0. The average molecular weight is 498 g/mol. The van der Waals surface area contributed by atoms with E-state index in [1.165, 1.54) is 12.1 Å². The Kier molecular flexibility index (Phi) is 8.16. The number of hydrogen-bond donors (Lipinski definition) is 1. The van der Waals surface area contributed by atoms with Gasteiger partial charge in [-0.3, -0.25) is 4.90 Å². The molecule has 0 radical (unpaired) electrons. The summed E-state index contributed by atoms with van der Waals surface area (Å²) in [4.78, 5) is 17.2. The summed E-state index contributed by atoms with van der Waals surface area (Å²) in [5, 5.41) is 12.4. The van der Waals surface area contributed by atoms with Crippen LogP contribution in [0, 0.1) is 0 Å². The Morgan fingerprint density at radius 2 is 2.06 bits per heavy atom. The van der Waals surface area contributed by atoms with E-state index in [0.717, 1.165) is 64.3 Å². The molecule has 4 unspecified atom stereocenters. The van der Waals surface area contributed by atoms with Gasteiger partial charge in [0.2, 0.25) is 6.23 Å². The van der Waals surface area contributed by atoms with Gasteiger partial charge < -0.3 is 19.7 Å². The van der Waals surface area contributed by atoms with Crippen molar-refractivity contribution in [1.29, 1.82) is 0 Å². The highest BCUT2D eigenvalue weighted by atomic mass is 19.4. The lowest BCUT2D eigenvalue weighted by Crippen LogP contribution is -2.54. The lowest BCUT2D eigenvalue weighted by molar-refractivity contribution is -0.274. The number of rotatable bonds is 9. The van der Waals surface area contributed by atoms with Gasteiger partial charge in [0.15, 0.2) is 0 Å². The third kappa shape index (κ3) is 6.24. The van der Waals surface area contributed by atoms with Gasteiger partial charge in [-0.1, -0.05) is 32.6 Å². The number of esters is 1. The number of benzene rings is 1. The molecule has 0 spiro atoms. The molecular weight excluding hydrogens is 463 g/mol. The Morgan fingerprint density at radius 3 is 2.71 bits per heavy atom. The maximum absolute atomic E-state index is 12.9. The predicted octanol–water partition coefficient (Wildman–Crippen LogP) is 5.05. The average Bonchev–Trinajstić information content (AvgIpc) is 3.36. The van der Waals surface area contributed by atoms with E-state index in [4.69, 9.17) is 4.74 Å². The minimum atomic E-state index is -4.84. The second kappa shape index (κ2) is 11.1. The molecule has 3 aliphatic heterocycles. The van der Waals surface area contributed by atoms with Crippen LogP contribution in [0.4, 0.5) is 18.9 Å². The van der Waals surface area contributed by atoms with E-state index in [9.17, 15) is 18.0 Å². The predicted molar refractivity (Wildman–Crippen MR) is 124 cm³/mol. The summed E-state index contributed by atoms with van der Waals surface area (Å²) in [6.07, 6.45) is 1.24. The van der Waals surface area contributed by atoms with Crippen molar-refractivity contribution in [2.24, 2.45) is 10.2 Å². The number of nitrogens with zero attached hydrogens (tertiary/aromatic N) is 4. The van der Waals surface area contributed by atoms with Gasteiger partial charge in [-0.05, 0) is 44.4 Å². The molecule has 1 aromatic rings. The smallest absolute Gasteiger partial charge is 0.435 e. The van der Waals surface area contributed by atoms with Crippen LogP contribution in [0.25, 0.3) is 0 Å². The molecule has 0 saturated carbocycles. The maximum Gasteiger partial charge on any atom is 0.573 e. The number of carbonyl (C=O) groups excluding carboxylic acids is 1. The second-order valence-electron chi connectivity index (χ2n) is 9.45. The van der Waals surface area contributed by atoms with E-state index in [-0.39, 0.29) is 23.8 Å². The molecule has 11 heteroatoms. The van der Waals surface area contributed by atoms with E-state index in [0.29, 0.717) is 12.1 Å². The second-order valence-corrected chi connectivity index (χ2v) is 9.45. The van der Waals surface area contributed by atoms with Gasteiger partial charge in [0.1, 0.15) is 18.0 Å². The first kappa shape index (κ1) is 25.7. The number of carbonyl (C=O) groups is 1. The molecule has 0 amide bonds. The normalized spacial score (nSPS) is 25.9. The van der Waals surface area contributed by atoms with Gasteiger partial charge in [-0.15, -0.1) is 13.2 Å². The molecular formula is C24H34F3N5O3. The molecule has 1 saturated heterocycles. The largest absolute Gasteiger partial charge is 0.573 e. The highest BCUT2D eigenvalue weighted by molar-refractivity contribution is 5.98. The summed E-state index contributed by atoms with van der Waals surface area (Å²) in [6.45, 7) is 6.84. The summed E-state index contributed by atoms with van der Waals surface area (Å²) < 4.78 is 48.1. The van der Waals surface area contributed by atoms with Gasteiger partial charge in [0, 0.05) is 19.1 Å². The number of hydrogen-bond acceptors (Lipinski definition) is 8. The molecule has 0 aromatic heterocycles. The van der Waals surface area contributed by atoms with E-state index in [1.807, 2.05) is 4.90 Å². The fraction of sp³-hybridized carbons (Fsp3) is 0.708. The quantitative estimate of drug-likeness (QED) is 0.380. The fourth-order valence-electron chi connectivity index (χ4n) is 5.06. The van der Waals surface area contributed by atoms with Crippen molar-refractivity contribution in [1.82, 2.24) is 10.2 Å². The van der Waals surface area contributed by atoms with E-state index in [1.54, 1.807) is 0 Å². The molecule has 35 heavy (non-hydrogen) atoms. The summed E-state index contributed by atoms with van der Waals surface area (Å²) in [5.41, 5.74) is 0.613. The molecule has 1 fully saturated rings. The van der Waals surface area contributed by atoms with Crippen molar-refractivity contribution in [2.75, 3.05) is 24.7 Å². The zero-order chi connectivity index (χ0) is 25.0. The highest BCUT2D eigenvalue weighted by Gasteiger charge is 2.42. The van der Waals surface area contributed by atoms with Crippen LogP contribution < -0.4 is 15.0 Å². The summed E-state index contributed by atoms with van der Waals surface area (Å²) in [5.74, 6) is -1.12. The molecule has 4 atom stereocenters. The third-order valence-electron chi connectivity index (χ3n) is 6.86. The Labute approximate surface area is 203 Å². The molecule has 4 rings (SSSR count). The Bertz CT molecular complexity index is 907. The van der Waals surface area contributed by atoms with Crippen molar-refractivity contribution in [3.05, 3.63) is 23.8 Å². The minimum absolute atomic E-state index is 0.00574. The number of azo groups is 1. The van der Waals surface area contributed by atoms with Crippen molar-refractivity contribution in [3.63, 3.8) is 0 Å². The SMILES string of the molecule is CCCCCCC(C)N1c2ccc(OC(F)(F)F)cc2C(=O)OC1C1CCC(N2CCNC2)N=N1. The molecule has 194 valence electrons. The third-order valence-corrected chi connectivity index (χ3v) is 6.86. The molecule has 3 aliphatic rings. The molecule has 1 N–H and O–H groups in total. The van der Waals surface area contributed by atoms with Crippen molar-refractivity contribution in [3.8, 4) is 5.75 Å². The number of unbranched alkanes of at least 4 members (excludes halogenated alkanes) is 3. The van der Waals surface area contributed by atoms with Crippen LogP contribution in [-0.4, -0.2) is 61.5 Å². The highest BCUT2D eigenvalue weighted by Crippen LogP contribution is 2.39. The van der Waals surface area contributed by atoms with Crippen LogP contribution in [0.3, 0.4) is 0 Å². The Morgan fingerprint density at radius 1 is 1.23 bits per heavy atom. The molecule has 3 heterocycles. The topological polar surface area (TPSA) is 78.8 Å². The first-order chi connectivity index (χ1) is 16.8. The molecule has 0 bridgehead atoms. The van der Waals surface area contributed by atoms with Crippen LogP contribution in [0.2, 0.25) is 0 Å². The van der Waals surface area contributed by atoms with Crippen molar-refractivity contribution in [2.45, 2.75) is 89.6 Å². The molecule has 8 nitrogen and oxygen atoms in total. The van der Waals surface area contributed by atoms with Crippen molar-refractivity contribution < 1.29 is 27.4 Å². The number of nitrogens with one attached hydrogen (secondary N) is 1. The summed E-state index contributed by atoms with van der Waals surface area (Å²) in [7, 11) is 0. The zero-order valence-electron chi connectivity index (χ0n) is 20.3. The van der Waals surface area contributed by atoms with Gasteiger partial charge in [-0.2, -0.15) is 10.2 Å². The number of halogens is 3. The van der Waals surface area contributed by atoms with Gasteiger partial charge in [0.05, 0.1) is 17.9 Å². The maximum atomic E-state index is 12.9. The Balaban J connectivity index is 1.58. The number of cyclic esters (lactones) is 1. The fourth-order valence-corrected chi connectivity index (χ4v) is 5.06. The van der Waals surface area contributed by atoms with Crippen LogP contribution in [0.1, 0.15) is 69.2 Å². The number of alkyl halides is 3. The number of anilines is 1. The lowest BCUT2D eigenvalue weighted by Gasteiger charge is -2.44. The first-order valence-corrected chi connectivity index (χ1v) is 12.5. The monoisotopic (exact) mass is 497 g/mol.